The van der Waals surface area contributed by atoms with Gasteiger partial charge in [-0.25, -0.2) is 4.31 Å². The van der Waals surface area contributed by atoms with E-state index < -0.39 is 15.5 Å². The van der Waals surface area contributed by atoms with Crippen LogP contribution in [0, 0.1) is 0 Å². The van der Waals surface area contributed by atoms with Gasteiger partial charge in [0.1, 0.15) is 0 Å². The van der Waals surface area contributed by atoms with Gasteiger partial charge in [0.15, 0.2) is 0 Å². The third-order valence-electron chi connectivity index (χ3n) is 2.23. The number of aliphatic imine (C=N–C) groups is 1. The molecule has 1 aromatic carbocycles. The summed E-state index contributed by atoms with van der Waals surface area (Å²) >= 11 is 0. The van der Waals surface area contributed by atoms with E-state index in [1.165, 1.54) is 24.4 Å². The number of para-hydroxylation sites is 1. The smallest absolute Gasteiger partial charge is 0.262 e. The normalized spacial score (nSPS) is 15.4. The summed E-state index contributed by atoms with van der Waals surface area (Å²) < 4.78 is 60.6. The molecule has 96 valence electrons. The number of hydrogen-bond donors (Lipinski definition) is 0. The van der Waals surface area contributed by atoms with Gasteiger partial charge in [-0.05, 0) is 6.07 Å². The van der Waals surface area contributed by atoms with Crippen molar-refractivity contribution in [3.63, 3.8) is 0 Å². The number of benzene rings is 1. The molecule has 0 atom stereocenters. The molecule has 0 unspecified atom stereocenters. The third kappa shape index (κ3) is 1.99. The Kier molecular flexibility index (Phi) is 2.89. The molecule has 1 heterocycles. The summed E-state index contributed by atoms with van der Waals surface area (Å²) in [5.41, 5.74) is -5.17. The monoisotopic (exact) mass is 276 g/mol. The van der Waals surface area contributed by atoms with Crippen molar-refractivity contribution in [2.24, 2.45) is 4.99 Å². The average molecular weight is 276 g/mol. The van der Waals surface area contributed by atoms with Crippen molar-refractivity contribution < 1.29 is 21.6 Å². The Balaban J connectivity index is 2.62. The Bertz CT molecular complexity index is 620. The summed E-state index contributed by atoms with van der Waals surface area (Å²) in [5, 5.41) is 0. The van der Waals surface area contributed by atoms with Gasteiger partial charge >= 0.3 is 15.5 Å². The van der Waals surface area contributed by atoms with E-state index in [2.05, 4.69) is 4.99 Å². The number of sulfonamides is 1. The van der Waals surface area contributed by atoms with E-state index in [0.29, 0.717) is 0 Å². The maximum Gasteiger partial charge on any atom is 0.517 e. The molecule has 0 saturated carbocycles. The molecule has 4 nitrogen and oxygen atoms in total. The minimum absolute atomic E-state index is 0.0904. The van der Waals surface area contributed by atoms with Gasteiger partial charge < -0.3 is 0 Å². The van der Waals surface area contributed by atoms with E-state index in [4.69, 9.17) is 0 Å². The fraction of sp³-hybridized carbons (Fsp3) is 0.100. The average Bonchev–Trinajstić information content (AvgIpc) is 2.49. The van der Waals surface area contributed by atoms with Gasteiger partial charge in [-0.3, -0.25) is 4.99 Å². The standard InChI is InChI=1S/C10H7F3N2O2S/c11-10(12,13)18(16,17)15-6-5-14-7-8-3-1-2-4-9(8)15/h1-7H. The van der Waals surface area contributed by atoms with Crippen molar-refractivity contribution in [2.45, 2.75) is 5.51 Å². The van der Waals surface area contributed by atoms with Crippen LogP contribution >= 0.6 is 0 Å². The topological polar surface area (TPSA) is 49.7 Å². The zero-order chi connectivity index (χ0) is 13.4. The number of anilines is 1. The van der Waals surface area contributed by atoms with Crippen LogP contribution in [0.3, 0.4) is 0 Å². The van der Waals surface area contributed by atoms with Crippen LogP contribution in [0.2, 0.25) is 0 Å². The Labute approximate surface area is 101 Å². The SMILES string of the molecule is O=S(=O)(N1C=CN=Cc2ccccc21)C(F)(F)F. The number of hydrogen-bond acceptors (Lipinski definition) is 3. The Morgan fingerprint density at radius 2 is 1.83 bits per heavy atom. The summed E-state index contributed by atoms with van der Waals surface area (Å²) in [6.45, 7) is 0. The van der Waals surface area contributed by atoms with Crippen LogP contribution in [0.4, 0.5) is 18.9 Å². The predicted octanol–water partition coefficient (Wildman–Crippen LogP) is 2.25. The van der Waals surface area contributed by atoms with Crippen molar-refractivity contribution in [1.82, 2.24) is 0 Å². The molecule has 1 aliphatic rings. The maximum atomic E-state index is 12.5. The fourth-order valence-electron chi connectivity index (χ4n) is 1.42. The lowest BCUT2D eigenvalue weighted by atomic mass is 10.2. The van der Waals surface area contributed by atoms with Crippen molar-refractivity contribution in [3.8, 4) is 0 Å². The number of nitrogens with zero attached hydrogens (tertiary/aromatic N) is 2. The minimum atomic E-state index is -5.47. The van der Waals surface area contributed by atoms with Crippen molar-refractivity contribution in [2.75, 3.05) is 4.31 Å². The van der Waals surface area contributed by atoms with Gasteiger partial charge in [-0.2, -0.15) is 21.6 Å². The van der Waals surface area contributed by atoms with Crippen molar-refractivity contribution >= 4 is 21.9 Å². The van der Waals surface area contributed by atoms with E-state index in [9.17, 15) is 21.6 Å². The Morgan fingerprint density at radius 3 is 2.50 bits per heavy atom. The number of fused-ring (bicyclic) bond motifs is 1. The number of halogens is 3. The quantitative estimate of drug-likeness (QED) is 0.790. The first-order valence-electron chi connectivity index (χ1n) is 4.73. The molecule has 0 aliphatic carbocycles. The highest BCUT2D eigenvalue weighted by molar-refractivity contribution is 7.93. The highest BCUT2D eigenvalue weighted by atomic mass is 32.2. The molecule has 1 aromatic rings. The van der Waals surface area contributed by atoms with Crippen molar-refractivity contribution in [1.29, 1.82) is 0 Å². The summed E-state index contributed by atoms with van der Waals surface area (Å²) in [6, 6.07) is 5.78. The minimum Gasteiger partial charge on any atom is -0.262 e. The summed E-state index contributed by atoms with van der Waals surface area (Å²) in [7, 11) is -5.47. The first kappa shape index (κ1) is 12.6. The molecule has 0 aromatic heterocycles. The van der Waals surface area contributed by atoms with Crippen LogP contribution in [0.25, 0.3) is 0 Å². The maximum absolute atomic E-state index is 12.5. The van der Waals surface area contributed by atoms with Crippen LogP contribution in [-0.4, -0.2) is 20.1 Å². The molecule has 0 radical (unpaired) electrons. The molecule has 2 rings (SSSR count). The summed E-state index contributed by atoms with van der Waals surface area (Å²) in [6.07, 6.45) is 3.05. The molecule has 18 heavy (non-hydrogen) atoms. The van der Waals surface area contributed by atoms with E-state index in [1.807, 2.05) is 0 Å². The van der Waals surface area contributed by atoms with Crippen molar-refractivity contribution in [3.05, 3.63) is 42.2 Å². The lowest BCUT2D eigenvalue weighted by Crippen LogP contribution is -2.37. The molecule has 0 N–H and O–H groups in total. The Hall–Kier alpha value is -1.83. The zero-order valence-corrected chi connectivity index (χ0v) is 9.61. The Morgan fingerprint density at radius 1 is 1.17 bits per heavy atom. The van der Waals surface area contributed by atoms with Crippen LogP contribution in [0.15, 0.2) is 41.7 Å². The number of alkyl halides is 3. The molecule has 0 fully saturated rings. The third-order valence-corrected chi connectivity index (χ3v) is 3.65. The molecular weight excluding hydrogens is 269 g/mol. The van der Waals surface area contributed by atoms with Crippen LogP contribution in [0.1, 0.15) is 5.56 Å². The zero-order valence-electron chi connectivity index (χ0n) is 8.79. The molecule has 0 spiro atoms. The van der Waals surface area contributed by atoms with Gasteiger partial charge in [0.25, 0.3) is 0 Å². The number of rotatable bonds is 1. The van der Waals surface area contributed by atoms with Gasteiger partial charge in [-0.1, -0.05) is 18.2 Å². The van der Waals surface area contributed by atoms with Gasteiger partial charge in [0.2, 0.25) is 0 Å². The second kappa shape index (κ2) is 4.13. The molecule has 0 saturated heterocycles. The van der Waals surface area contributed by atoms with Gasteiger partial charge in [-0.15, -0.1) is 0 Å². The molecule has 0 amide bonds. The predicted molar refractivity (Wildman–Crippen MR) is 60.6 cm³/mol. The first-order chi connectivity index (χ1) is 8.34. The first-order valence-corrected chi connectivity index (χ1v) is 6.17. The second-order valence-corrected chi connectivity index (χ2v) is 5.19. The van der Waals surface area contributed by atoms with E-state index >= 15 is 0 Å². The van der Waals surface area contributed by atoms with Gasteiger partial charge in [0, 0.05) is 24.2 Å². The highest BCUT2D eigenvalue weighted by Gasteiger charge is 2.50. The highest BCUT2D eigenvalue weighted by Crippen LogP contribution is 2.33. The lowest BCUT2D eigenvalue weighted by Gasteiger charge is -2.22. The molecule has 8 heteroatoms. The molecular formula is C10H7F3N2O2S. The van der Waals surface area contributed by atoms with E-state index in [1.54, 1.807) is 6.07 Å². The van der Waals surface area contributed by atoms with E-state index in [-0.39, 0.29) is 15.6 Å². The second-order valence-electron chi connectivity index (χ2n) is 3.38. The molecule has 0 bridgehead atoms. The van der Waals surface area contributed by atoms with E-state index in [0.717, 1.165) is 12.4 Å². The molecule has 1 aliphatic heterocycles. The van der Waals surface area contributed by atoms with Crippen LogP contribution < -0.4 is 4.31 Å². The largest absolute Gasteiger partial charge is 0.517 e. The lowest BCUT2D eigenvalue weighted by molar-refractivity contribution is -0.0435. The van der Waals surface area contributed by atoms with Crippen LogP contribution in [0.5, 0.6) is 0 Å². The summed E-state index contributed by atoms with van der Waals surface area (Å²) in [5.74, 6) is 0. The van der Waals surface area contributed by atoms with Crippen LogP contribution in [-0.2, 0) is 10.0 Å². The summed E-state index contributed by atoms with van der Waals surface area (Å²) in [4.78, 5) is 3.68. The fourth-order valence-corrected chi connectivity index (χ4v) is 2.28. The van der Waals surface area contributed by atoms with Gasteiger partial charge in [0.05, 0.1) is 5.69 Å².